The van der Waals surface area contributed by atoms with Crippen LogP contribution in [0.15, 0.2) is 0 Å². The number of thioether (sulfide) groups is 1. The van der Waals surface area contributed by atoms with Crippen molar-refractivity contribution in [3.63, 3.8) is 0 Å². The standard InChI is InChI=1S/C14H27NS2/c1-13(2)10-15(8-9-17-13)11-14(12-16)6-4-3-5-7-14/h16H,3-12H2,1-2H3. The minimum Gasteiger partial charge on any atom is -0.301 e. The van der Waals surface area contributed by atoms with E-state index in [1.165, 1.54) is 57.5 Å². The van der Waals surface area contributed by atoms with Gasteiger partial charge in [0.2, 0.25) is 0 Å². The van der Waals surface area contributed by atoms with E-state index >= 15 is 0 Å². The minimum absolute atomic E-state index is 0.449. The van der Waals surface area contributed by atoms with Crippen LogP contribution in [0.25, 0.3) is 0 Å². The van der Waals surface area contributed by atoms with E-state index in [1.807, 2.05) is 0 Å². The van der Waals surface area contributed by atoms with Gasteiger partial charge in [-0.15, -0.1) is 0 Å². The minimum atomic E-state index is 0.449. The maximum absolute atomic E-state index is 4.66. The lowest BCUT2D eigenvalue weighted by Gasteiger charge is -2.44. The Morgan fingerprint density at radius 3 is 2.47 bits per heavy atom. The second kappa shape index (κ2) is 5.75. The van der Waals surface area contributed by atoms with Gasteiger partial charge in [0.15, 0.2) is 0 Å². The van der Waals surface area contributed by atoms with Crippen molar-refractivity contribution in [1.29, 1.82) is 0 Å². The first kappa shape index (κ1) is 14.1. The fourth-order valence-corrected chi connectivity index (χ4v) is 4.98. The first-order valence-electron chi connectivity index (χ1n) is 7.03. The largest absolute Gasteiger partial charge is 0.301 e. The van der Waals surface area contributed by atoms with Gasteiger partial charge >= 0.3 is 0 Å². The number of thiol groups is 1. The molecule has 1 aliphatic heterocycles. The van der Waals surface area contributed by atoms with E-state index in [0.717, 1.165) is 5.75 Å². The van der Waals surface area contributed by atoms with Crippen molar-refractivity contribution in [2.45, 2.75) is 50.7 Å². The third-order valence-electron chi connectivity index (χ3n) is 4.31. The van der Waals surface area contributed by atoms with Crippen LogP contribution < -0.4 is 0 Å². The predicted molar refractivity (Wildman–Crippen MR) is 82.3 cm³/mol. The monoisotopic (exact) mass is 273 g/mol. The summed E-state index contributed by atoms with van der Waals surface area (Å²) in [7, 11) is 0. The summed E-state index contributed by atoms with van der Waals surface area (Å²) in [6.45, 7) is 8.60. The lowest BCUT2D eigenvalue weighted by atomic mass is 9.75. The van der Waals surface area contributed by atoms with Gasteiger partial charge in [0.25, 0.3) is 0 Å². The molecule has 100 valence electrons. The molecule has 1 saturated heterocycles. The van der Waals surface area contributed by atoms with E-state index < -0.39 is 0 Å². The lowest BCUT2D eigenvalue weighted by molar-refractivity contribution is 0.122. The molecule has 1 nitrogen and oxygen atoms in total. The molecule has 17 heavy (non-hydrogen) atoms. The summed E-state index contributed by atoms with van der Waals surface area (Å²) in [5.74, 6) is 2.38. The maximum Gasteiger partial charge on any atom is 0.0231 e. The molecular formula is C14H27NS2. The number of hydrogen-bond acceptors (Lipinski definition) is 3. The highest BCUT2D eigenvalue weighted by molar-refractivity contribution is 8.00. The summed E-state index contributed by atoms with van der Waals surface area (Å²) < 4.78 is 0.449. The van der Waals surface area contributed by atoms with Crippen LogP contribution in [0, 0.1) is 5.41 Å². The SMILES string of the molecule is CC1(C)CN(CC2(CS)CCCCC2)CCS1. The van der Waals surface area contributed by atoms with Gasteiger partial charge in [0.05, 0.1) is 0 Å². The molecule has 0 unspecified atom stereocenters. The fraction of sp³-hybridized carbons (Fsp3) is 1.00. The van der Waals surface area contributed by atoms with Gasteiger partial charge in [-0.05, 0) is 37.9 Å². The summed E-state index contributed by atoms with van der Waals surface area (Å²) >= 11 is 6.79. The topological polar surface area (TPSA) is 3.24 Å². The lowest BCUT2D eigenvalue weighted by Crippen LogP contribution is -2.49. The van der Waals surface area contributed by atoms with Crippen molar-refractivity contribution >= 4 is 24.4 Å². The van der Waals surface area contributed by atoms with Gasteiger partial charge in [-0.1, -0.05) is 19.3 Å². The Balaban J connectivity index is 1.93. The van der Waals surface area contributed by atoms with E-state index in [4.69, 9.17) is 0 Å². The van der Waals surface area contributed by atoms with E-state index in [9.17, 15) is 0 Å². The molecular weight excluding hydrogens is 246 g/mol. The Labute approximate surface area is 117 Å². The van der Waals surface area contributed by atoms with Crippen LogP contribution in [0.2, 0.25) is 0 Å². The molecule has 0 radical (unpaired) electrons. The summed E-state index contributed by atoms with van der Waals surface area (Å²) in [6.07, 6.45) is 7.09. The predicted octanol–water partition coefficient (Wildman–Crippen LogP) is 3.69. The van der Waals surface area contributed by atoms with Crippen LogP contribution in [-0.4, -0.2) is 40.8 Å². The highest BCUT2D eigenvalue weighted by Gasteiger charge is 2.35. The van der Waals surface area contributed by atoms with Crippen LogP contribution in [-0.2, 0) is 0 Å². The molecule has 0 aromatic heterocycles. The summed E-state index contributed by atoms with van der Waals surface area (Å²) in [4.78, 5) is 2.71. The van der Waals surface area contributed by atoms with Crippen LogP contribution in [0.4, 0.5) is 0 Å². The average molecular weight is 274 g/mol. The molecule has 1 heterocycles. The first-order valence-corrected chi connectivity index (χ1v) is 8.64. The second-order valence-electron chi connectivity index (χ2n) is 6.54. The Morgan fingerprint density at radius 1 is 1.18 bits per heavy atom. The molecule has 1 saturated carbocycles. The van der Waals surface area contributed by atoms with Gasteiger partial charge in [0, 0.05) is 30.1 Å². The molecule has 2 rings (SSSR count). The van der Waals surface area contributed by atoms with Crippen LogP contribution >= 0.6 is 24.4 Å². The summed E-state index contributed by atoms with van der Waals surface area (Å²) in [5, 5.41) is 0. The van der Waals surface area contributed by atoms with Crippen molar-refractivity contribution in [2.24, 2.45) is 5.41 Å². The fourth-order valence-electron chi connectivity index (χ4n) is 3.39. The molecule has 0 amide bonds. The van der Waals surface area contributed by atoms with Gasteiger partial charge in [0.1, 0.15) is 0 Å². The average Bonchev–Trinajstić information content (AvgIpc) is 2.29. The summed E-state index contributed by atoms with van der Waals surface area (Å²) in [5.41, 5.74) is 0.527. The van der Waals surface area contributed by atoms with Crippen molar-refractivity contribution in [2.75, 3.05) is 31.1 Å². The molecule has 2 aliphatic rings. The van der Waals surface area contributed by atoms with Crippen molar-refractivity contribution in [3.05, 3.63) is 0 Å². The zero-order valence-electron chi connectivity index (χ0n) is 11.4. The molecule has 0 aromatic carbocycles. The van der Waals surface area contributed by atoms with E-state index in [0.29, 0.717) is 10.2 Å². The van der Waals surface area contributed by atoms with E-state index in [2.05, 4.69) is 43.1 Å². The van der Waals surface area contributed by atoms with Gasteiger partial charge < -0.3 is 4.90 Å². The van der Waals surface area contributed by atoms with E-state index in [-0.39, 0.29) is 0 Å². The number of nitrogens with zero attached hydrogens (tertiary/aromatic N) is 1. The second-order valence-corrected chi connectivity index (χ2v) is 8.66. The third-order valence-corrected chi connectivity index (χ3v) is 6.28. The molecule has 0 bridgehead atoms. The number of rotatable bonds is 3. The smallest absolute Gasteiger partial charge is 0.0231 e. The number of hydrogen-bond donors (Lipinski definition) is 1. The Bertz CT molecular complexity index is 247. The third kappa shape index (κ3) is 3.81. The van der Waals surface area contributed by atoms with Crippen molar-refractivity contribution in [1.82, 2.24) is 4.90 Å². The first-order chi connectivity index (χ1) is 8.05. The van der Waals surface area contributed by atoms with Crippen LogP contribution in [0.5, 0.6) is 0 Å². The Hall–Kier alpha value is 0.660. The zero-order chi connectivity index (χ0) is 12.4. The maximum atomic E-state index is 4.66. The molecule has 2 fully saturated rings. The highest BCUT2D eigenvalue weighted by Crippen LogP contribution is 2.39. The highest BCUT2D eigenvalue weighted by atomic mass is 32.2. The normalized spacial score (nSPS) is 29.1. The van der Waals surface area contributed by atoms with Crippen molar-refractivity contribution < 1.29 is 0 Å². The summed E-state index contributed by atoms with van der Waals surface area (Å²) in [6, 6.07) is 0. The van der Waals surface area contributed by atoms with Crippen LogP contribution in [0.1, 0.15) is 46.0 Å². The van der Waals surface area contributed by atoms with Gasteiger partial charge in [-0.25, -0.2) is 0 Å². The molecule has 0 spiro atoms. The van der Waals surface area contributed by atoms with E-state index in [1.54, 1.807) is 0 Å². The van der Waals surface area contributed by atoms with Gasteiger partial charge in [-0.3, -0.25) is 0 Å². The van der Waals surface area contributed by atoms with Crippen molar-refractivity contribution in [3.8, 4) is 0 Å². The Kier molecular flexibility index (Phi) is 4.76. The Morgan fingerprint density at radius 2 is 1.88 bits per heavy atom. The molecule has 0 aromatic rings. The molecule has 0 atom stereocenters. The van der Waals surface area contributed by atoms with Gasteiger partial charge in [-0.2, -0.15) is 24.4 Å². The molecule has 1 aliphatic carbocycles. The quantitative estimate of drug-likeness (QED) is 0.781. The van der Waals surface area contributed by atoms with Crippen LogP contribution in [0.3, 0.4) is 0 Å². The molecule has 0 N–H and O–H groups in total. The zero-order valence-corrected chi connectivity index (χ0v) is 13.1. The molecule has 3 heteroatoms.